The molecule has 72 valence electrons. The molecular formula is C11H12N2O. The molecule has 0 spiro atoms. The highest BCUT2D eigenvalue weighted by molar-refractivity contribution is 5.82. The normalized spacial score (nSPS) is 17.2. The predicted molar refractivity (Wildman–Crippen MR) is 54.3 cm³/mol. The van der Waals surface area contributed by atoms with Gasteiger partial charge in [-0.2, -0.15) is 5.10 Å². The summed E-state index contributed by atoms with van der Waals surface area (Å²) < 4.78 is 7.25. The molecule has 3 nitrogen and oxygen atoms in total. The summed E-state index contributed by atoms with van der Waals surface area (Å²) in [6.45, 7) is 3.71. The number of hydrogen-bond donors (Lipinski definition) is 0. The van der Waals surface area contributed by atoms with Crippen LogP contribution >= 0.6 is 0 Å². The summed E-state index contributed by atoms with van der Waals surface area (Å²) in [5, 5.41) is 5.66. The largest absolute Gasteiger partial charge is 0.377 e. The van der Waals surface area contributed by atoms with Crippen LogP contribution in [0.15, 0.2) is 24.4 Å². The van der Waals surface area contributed by atoms with E-state index in [1.165, 1.54) is 16.5 Å². The van der Waals surface area contributed by atoms with Gasteiger partial charge in [-0.1, -0.05) is 12.1 Å². The maximum absolute atomic E-state index is 5.18. The van der Waals surface area contributed by atoms with Crippen molar-refractivity contribution in [3.63, 3.8) is 0 Å². The van der Waals surface area contributed by atoms with Crippen molar-refractivity contribution in [1.82, 2.24) is 9.78 Å². The summed E-state index contributed by atoms with van der Waals surface area (Å²) >= 11 is 0. The zero-order chi connectivity index (χ0) is 9.54. The van der Waals surface area contributed by atoms with Gasteiger partial charge in [0.2, 0.25) is 0 Å². The number of fused-ring (bicyclic) bond motifs is 1. The first-order valence-electron chi connectivity index (χ1n) is 4.87. The maximum Gasteiger partial charge on any atom is 0.0992 e. The van der Waals surface area contributed by atoms with Crippen molar-refractivity contribution < 1.29 is 4.74 Å². The molecule has 3 heteroatoms. The fourth-order valence-electron chi connectivity index (χ4n) is 1.87. The second-order valence-corrected chi connectivity index (χ2v) is 3.79. The lowest BCUT2D eigenvalue weighted by Gasteiger charge is -2.26. The van der Waals surface area contributed by atoms with Crippen LogP contribution in [0.1, 0.15) is 11.6 Å². The number of hydrogen-bond acceptors (Lipinski definition) is 2. The van der Waals surface area contributed by atoms with E-state index in [1.54, 1.807) is 0 Å². The van der Waals surface area contributed by atoms with E-state index < -0.39 is 0 Å². The van der Waals surface area contributed by atoms with Gasteiger partial charge in [-0.15, -0.1) is 0 Å². The summed E-state index contributed by atoms with van der Waals surface area (Å²) in [4.78, 5) is 0. The molecule has 1 fully saturated rings. The molecule has 0 saturated carbocycles. The Bertz CT molecular complexity index is 471. The van der Waals surface area contributed by atoms with Crippen LogP contribution in [0.25, 0.3) is 10.9 Å². The van der Waals surface area contributed by atoms with E-state index in [1.807, 2.05) is 6.20 Å². The van der Waals surface area contributed by atoms with Gasteiger partial charge in [-0.05, 0) is 18.6 Å². The van der Waals surface area contributed by atoms with Crippen molar-refractivity contribution in [2.24, 2.45) is 0 Å². The van der Waals surface area contributed by atoms with Crippen LogP contribution in [-0.4, -0.2) is 23.0 Å². The molecule has 0 amide bonds. The van der Waals surface area contributed by atoms with Crippen LogP contribution in [0, 0.1) is 6.92 Å². The van der Waals surface area contributed by atoms with E-state index in [0.29, 0.717) is 6.04 Å². The molecule has 14 heavy (non-hydrogen) atoms. The minimum Gasteiger partial charge on any atom is -0.377 e. The Morgan fingerprint density at radius 2 is 2.29 bits per heavy atom. The quantitative estimate of drug-likeness (QED) is 0.683. The van der Waals surface area contributed by atoms with E-state index in [-0.39, 0.29) is 0 Å². The van der Waals surface area contributed by atoms with E-state index in [2.05, 4.69) is 34.9 Å². The summed E-state index contributed by atoms with van der Waals surface area (Å²) in [5.41, 5.74) is 2.51. The molecule has 0 unspecified atom stereocenters. The Kier molecular flexibility index (Phi) is 1.61. The second-order valence-electron chi connectivity index (χ2n) is 3.79. The lowest BCUT2D eigenvalue weighted by atomic mass is 10.1. The molecule has 1 aromatic carbocycles. The van der Waals surface area contributed by atoms with Crippen LogP contribution in [0.2, 0.25) is 0 Å². The molecule has 0 bridgehead atoms. The van der Waals surface area contributed by atoms with Gasteiger partial charge in [0.15, 0.2) is 0 Å². The smallest absolute Gasteiger partial charge is 0.0992 e. The third-order valence-corrected chi connectivity index (χ3v) is 2.83. The lowest BCUT2D eigenvalue weighted by Crippen LogP contribution is -2.31. The van der Waals surface area contributed by atoms with Crippen molar-refractivity contribution in [2.45, 2.75) is 13.0 Å². The average Bonchev–Trinajstić information content (AvgIpc) is 2.48. The fraction of sp³-hybridized carbons (Fsp3) is 0.364. The van der Waals surface area contributed by atoms with Crippen LogP contribution < -0.4 is 0 Å². The maximum atomic E-state index is 5.18. The van der Waals surface area contributed by atoms with Gasteiger partial charge in [-0.3, -0.25) is 4.68 Å². The summed E-state index contributed by atoms with van der Waals surface area (Å²) in [7, 11) is 0. The Balaban J connectivity index is 2.20. The minimum absolute atomic E-state index is 0.439. The number of benzene rings is 1. The van der Waals surface area contributed by atoms with Crippen LogP contribution in [0.4, 0.5) is 0 Å². The van der Waals surface area contributed by atoms with Crippen molar-refractivity contribution >= 4 is 10.9 Å². The molecule has 0 aliphatic carbocycles. The number of nitrogens with zero attached hydrogens (tertiary/aromatic N) is 2. The molecule has 2 aromatic rings. The molecule has 0 atom stereocenters. The van der Waals surface area contributed by atoms with Crippen LogP contribution in [0.5, 0.6) is 0 Å². The number of aromatic nitrogens is 2. The number of ether oxygens (including phenoxy) is 1. The Labute approximate surface area is 82.3 Å². The topological polar surface area (TPSA) is 27.1 Å². The highest BCUT2D eigenvalue weighted by atomic mass is 16.5. The highest BCUT2D eigenvalue weighted by Gasteiger charge is 2.22. The van der Waals surface area contributed by atoms with E-state index in [4.69, 9.17) is 4.74 Å². The average molecular weight is 188 g/mol. The first-order valence-corrected chi connectivity index (χ1v) is 4.87. The van der Waals surface area contributed by atoms with Gasteiger partial charge >= 0.3 is 0 Å². The van der Waals surface area contributed by atoms with Gasteiger partial charge in [-0.25, -0.2) is 0 Å². The van der Waals surface area contributed by atoms with Crippen molar-refractivity contribution in [3.05, 3.63) is 30.0 Å². The van der Waals surface area contributed by atoms with Crippen LogP contribution in [-0.2, 0) is 4.74 Å². The summed E-state index contributed by atoms with van der Waals surface area (Å²) in [5.74, 6) is 0. The zero-order valence-corrected chi connectivity index (χ0v) is 8.10. The molecule has 0 N–H and O–H groups in total. The first kappa shape index (κ1) is 8.00. The van der Waals surface area contributed by atoms with Gasteiger partial charge < -0.3 is 4.74 Å². The Hall–Kier alpha value is -1.35. The van der Waals surface area contributed by atoms with Gasteiger partial charge in [0.1, 0.15) is 0 Å². The molecule has 3 rings (SSSR count). The standard InChI is InChI=1S/C11H12N2O/c1-8-3-2-4-11-10(8)5-12-13(11)9-6-14-7-9/h2-5,9H,6-7H2,1H3. The molecule has 0 radical (unpaired) electrons. The van der Waals surface area contributed by atoms with Crippen molar-refractivity contribution in [1.29, 1.82) is 0 Å². The predicted octanol–water partition coefficient (Wildman–Crippen LogP) is 1.92. The molecule has 1 aliphatic rings. The van der Waals surface area contributed by atoms with Gasteiger partial charge in [0.25, 0.3) is 0 Å². The SMILES string of the molecule is Cc1cccc2c1cnn2C1COC1. The Morgan fingerprint density at radius 3 is 3.00 bits per heavy atom. The highest BCUT2D eigenvalue weighted by Crippen LogP contribution is 2.24. The Morgan fingerprint density at radius 1 is 1.43 bits per heavy atom. The van der Waals surface area contributed by atoms with Crippen molar-refractivity contribution in [2.75, 3.05) is 13.2 Å². The van der Waals surface area contributed by atoms with Crippen LogP contribution in [0.3, 0.4) is 0 Å². The monoisotopic (exact) mass is 188 g/mol. The summed E-state index contributed by atoms with van der Waals surface area (Å²) in [6.07, 6.45) is 1.95. The first-order chi connectivity index (χ1) is 6.86. The molecular weight excluding hydrogens is 176 g/mol. The molecule has 1 aromatic heterocycles. The molecule has 1 saturated heterocycles. The van der Waals surface area contributed by atoms with Gasteiger partial charge in [0, 0.05) is 5.39 Å². The van der Waals surface area contributed by atoms with E-state index in [0.717, 1.165) is 13.2 Å². The number of rotatable bonds is 1. The summed E-state index contributed by atoms with van der Waals surface area (Å²) in [6, 6.07) is 6.75. The zero-order valence-electron chi connectivity index (χ0n) is 8.10. The third-order valence-electron chi connectivity index (χ3n) is 2.83. The molecule has 1 aliphatic heterocycles. The fourth-order valence-corrected chi connectivity index (χ4v) is 1.87. The lowest BCUT2D eigenvalue weighted by molar-refractivity contribution is -0.0266. The van der Waals surface area contributed by atoms with Gasteiger partial charge in [0.05, 0.1) is 31.0 Å². The minimum atomic E-state index is 0.439. The number of aryl methyl sites for hydroxylation is 1. The van der Waals surface area contributed by atoms with E-state index >= 15 is 0 Å². The molecule has 2 heterocycles. The van der Waals surface area contributed by atoms with E-state index in [9.17, 15) is 0 Å². The second kappa shape index (κ2) is 2.82. The van der Waals surface area contributed by atoms with Crippen molar-refractivity contribution in [3.8, 4) is 0 Å². The third kappa shape index (κ3) is 0.990.